The summed E-state index contributed by atoms with van der Waals surface area (Å²) in [5, 5.41) is 6.06. The fraction of sp³-hybridized carbons (Fsp3) is 0.417. The van der Waals surface area contributed by atoms with Gasteiger partial charge in [-0.1, -0.05) is 6.92 Å². The highest BCUT2D eigenvalue weighted by molar-refractivity contribution is 7.15. The molecule has 5 nitrogen and oxygen atoms in total. The number of nitrogens with one attached hydrogen (secondary N) is 1. The molecule has 0 radical (unpaired) electrons. The van der Waals surface area contributed by atoms with Gasteiger partial charge < -0.3 is 5.73 Å². The summed E-state index contributed by atoms with van der Waals surface area (Å²) in [7, 11) is 0. The molecule has 0 saturated carbocycles. The lowest BCUT2D eigenvalue weighted by atomic mass is 10.3. The lowest BCUT2D eigenvalue weighted by Gasteiger charge is -1.97. The largest absolute Gasteiger partial charge is 0.330 e. The number of aromatic nitrogens is 2. The summed E-state index contributed by atoms with van der Waals surface area (Å²) < 4.78 is 0. The Labute approximate surface area is 132 Å². The number of thiazole rings is 2. The van der Waals surface area contributed by atoms with Crippen LogP contribution in [-0.4, -0.2) is 22.4 Å². The average Bonchev–Trinajstić information content (AvgIpc) is 2.96. The molecule has 0 aromatic carbocycles. The van der Waals surface area contributed by atoms with Gasteiger partial charge in [0.25, 0.3) is 5.91 Å². The molecule has 0 unspecified atom stereocenters. The van der Waals surface area contributed by atoms with E-state index in [1.807, 2.05) is 13.8 Å². The first kappa shape index (κ1) is 17.0. The number of nitrogens with two attached hydrogens (primary N) is 1. The van der Waals surface area contributed by atoms with Crippen molar-refractivity contribution in [2.75, 3.05) is 11.9 Å². The van der Waals surface area contributed by atoms with Gasteiger partial charge in [0.15, 0.2) is 5.13 Å². The molecule has 0 aliphatic carbocycles. The van der Waals surface area contributed by atoms with E-state index in [0.29, 0.717) is 23.8 Å². The Hall–Kier alpha value is -1.02. The van der Waals surface area contributed by atoms with Crippen molar-refractivity contribution in [1.29, 1.82) is 0 Å². The molecule has 3 N–H and O–H groups in total. The van der Waals surface area contributed by atoms with Gasteiger partial charge in [-0.05, 0) is 19.9 Å². The maximum Gasteiger partial charge on any atom is 0.276 e. The van der Waals surface area contributed by atoms with E-state index in [0.717, 1.165) is 22.0 Å². The molecular formula is C12H17ClN4OS2. The van der Waals surface area contributed by atoms with Crippen molar-refractivity contribution < 1.29 is 4.79 Å². The quantitative estimate of drug-likeness (QED) is 0.882. The molecule has 0 aliphatic rings. The first-order valence-corrected chi connectivity index (χ1v) is 7.75. The fourth-order valence-electron chi connectivity index (χ4n) is 1.62. The van der Waals surface area contributed by atoms with Crippen LogP contribution in [0.3, 0.4) is 0 Å². The van der Waals surface area contributed by atoms with E-state index < -0.39 is 0 Å². The summed E-state index contributed by atoms with van der Waals surface area (Å²) in [6.07, 6.45) is 1.57. The zero-order valence-electron chi connectivity index (χ0n) is 11.3. The van der Waals surface area contributed by atoms with Crippen LogP contribution in [0.4, 0.5) is 5.13 Å². The first-order valence-electron chi connectivity index (χ1n) is 6.06. The standard InChI is InChI=1S/C12H16N4OS2.ClH/c1-3-8-7(2)19-12(15-8)16-11(17)9-6-18-10(14-9)4-5-13;/h6H,3-5,13H2,1-2H3,(H,15,16,17);1H. The molecule has 0 fully saturated rings. The van der Waals surface area contributed by atoms with Gasteiger partial charge in [0, 0.05) is 16.7 Å². The minimum Gasteiger partial charge on any atom is -0.330 e. The second kappa shape index (κ2) is 7.68. The number of aryl methyl sites for hydroxylation is 2. The van der Waals surface area contributed by atoms with Gasteiger partial charge in [0.2, 0.25) is 0 Å². The third kappa shape index (κ3) is 3.99. The minimum atomic E-state index is -0.212. The Morgan fingerprint density at radius 2 is 2.20 bits per heavy atom. The molecular weight excluding hydrogens is 316 g/mol. The molecule has 2 aromatic heterocycles. The van der Waals surface area contributed by atoms with E-state index in [1.165, 1.54) is 22.7 Å². The summed E-state index contributed by atoms with van der Waals surface area (Å²) in [6.45, 7) is 4.60. The third-order valence-corrected chi connectivity index (χ3v) is 4.43. The number of amides is 1. The van der Waals surface area contributed by atoms with E-state index in [9.17, 15) is 4.79 Å². The van der Waals surface area contributed by atoms with Crippen LogP contribution < -0.4 is 11.1 Å². The molecule has 110 valence electrons. The van der Waals surface area contributed by atoms with Crippen LogP contribution in [0.5, 0.6) is 0 Å². The van der Waals surface area contributed by atoms with E-state index in [2.05, 4.69) is 15.3 Å². The predicted molar refractivity (Wildman–Crippen MR) is 86.3 cm³/mol. The van der Waals surface area contributed by atoms with E-state index in [-0.39, 0.29) is 18.3 Å². The topological polar surface area (TPSA) is 80.9 Å². The second-order valence-electron chi connectivity index (χ2n) is 3.99. The number of rotatable bonds is 5. The van der Waals surface area contributed by atoms with Crippen LogP contribution in [0.15, 0.2) is 5.38 Å². The molecule has 0 bridgehead atoms. The number of carbonyl (C=O) groups excluding carboxylic acids is 1. The SMILES string of the molecule is CCc1nc(NC(=O)c2csc(CCN)n2)sc1C.Cl. The molecule has 0 spiro atoms. The van der Waals surface area contributed by atoms with Gasteiger partial charge in [-0.2, -0.15) is 0 Å². The van der Waals surface area contributed by atoms with Gasteiger partial charge >= 0.3 is 0 Å². The number of anilines is 1. The number of hydrogen-bond acceptors (Lipinski definition) is 6. The molecule has 0 atom stereocenters. The van der Waals surface area contributed by atoms with E-state index in [1.54, 1.807) is 5.38 Å². The van der Waals surface area contributed by atoms with E-state index >= 15 is 0 Å². The van der Waals surface area contributed by atoms with Gasteiger partial charge in [0.05, 0.1) is 10.7 Å². The molecule has 2 heterocycles. The van der Waals surface area contributed by atoms with Crippen LogP contribution >= 0.6 is 35.1 Å². The van der Waals surface area contributed by atoms with Gasteiger partial charge in [-0.25, -0.2) is 9.97 Å². The highest BCUT2D eigenvalue weighted by Crippen LogP contribution is 2.23. The Kier molecular flexibility index (Phi) is 6.54. The van der Waals surface area contributed by atoms with Gasteiger partial charge in [-0.3, -0.25) is 10.1 Å². The fourth-order valence-corrected chi connectivity index (χ4v) is 3.32. The summed E-state index contributed by atoms with van der Waals surface area (Å²) >= 11 is 2.95. The monoisotopic (exact) mass is 332 g/mol. The molecule has 1 amide bonds. The maximum absolute atomic E-state index is 12.0. The van der Waals surface area contributed by atoms with Crippen molar-refractivity contribution in [2.45, 2.75) is 26.7 Å². The number of hydrogen-bond donors (Lipinski definition) is 2. The van der Waals surface area contributed by atoms with Crippen molar-refractivity contribution >= 4 is 46.1 Å². The minimum absolute atomic E-state index is 0. The molecule has 0 saturated heterocycles. The third-order valence-electron chi connectivity index (χ3n) is 2.59. The van der Waals surface area contributed by atoms with Crippen LogP contribution in [0.2, 0.25) is 0 Å². The molecule has 8 heteroatoms. The lowest BCUT2D eigenvalue weighted by Crippen LogP contribution is -2.12. The number of halogens is 1. The van der Waals surface area contributed by atoms with Crippen molar-refractivity contribution in [3.05, 3.63) is 26.7 Å². The first-order chi connectivity index (χ1) is 9.13. The summed E-state index contributed by atoms with van der Waals surface area (Å²) in [4.78, 5) is 21.8. The highest BCUT2D eigenvalue weighted by atomic mass is 35.5. The highest BCUT2D eigenvalue weighted by Gasteiger charge is 2.13. The van der Waals surface area contributed by atoms with Crippen molar-refractivity contribution in [3.8, 4) is 0 Å². The van der Waals surface area contributed by atoms with E-state index in [4.69, 9.17) is 5.73 Å². The Morgan fingerprint density at radius 1 is 1.45 bits per heavy atom. The Morgan fingerprint density at radius 3 is 2.80 bits per heavy atom. The zero-order valence-corrected chi connectivity index (χ0v) is 13.8. The number of nitrogens with zero attached hydrogens (tertiary/aromatic N) is 2. The summed E-state index contributed by atoms with van der Waals surface area (Å²) in [5.41, 5.74) is 6.92. The Bertz CT molecular complexity index is 582. The molecule has 2 aromatic rings. The van der Waals surface area contributed by atoms with Gasteiger partial charge in [0.1, 0.15) is 5.69 Å². The van der Waals surface area contributed by atoms with Crippen LogP contribution in [-0.2, 0) is 12.8 Å². The van der Waals surface area contributed by atoms with Crippen molar-refractivity contribution in [1.82, 2.24) is 9.97 Å². The summed E-state index contributed by atoms with van der Waals surface area (Å²) in [6, 6.07) is 0. The second-order valence-corrected chi connectivity index (χ2v) is 6.14. The van der Waals surface area contributed by atoms with Crippen LogP contribution in [0.25, 0.3) is 0 Å². The smallest absolute Gasteiger partial charge is 0.276 e. The van der Waals surface area contributed by atoms with Crippen molar-refractivity contribution in [3.63, 3.8) is 0 Å². The van der Waals surface area contributed by atoms with Crippen LogP contribution in [0, 0.1) is 6.92 Å². The van der Waals surface area contributed by atoms with Gasteiger partial charge in [-0.15, -0.1) is 35.1 Å². The van der Waals surface area contributed by atoms with Crippen LogP contribution in [0.1, 0.15) is 33.0 Å². The predicted octanol–water partition coefficient (Wildman–Crippen LogP) is 2.65. The zero-order chi connectivity index (χ0) is 13.8. The molecule has 0 aliphatic heterocycles. The molecule has 2 rings (SSSR count). The normalized spacial score (nSPS) is 10.2. The Balaban J connectivity index is 0.00000200. The van der Waals surface area contributed by atoms with Crippen molar-refractivity contribution in [2.24, 2.45) is 5.73 Å². The number of carbonyl (C=O) groups is 1. The average molecular weight is 333 g/mol. The molecule has 20 heavy (non-hydrogen) atoms. The summed E-state index contributed by atoms with van der Waals surface area (Å²) in [5.74, 6) is -0.212. The maximum atomic E-state index is 12.0. The lowest BCUT2D eigenvalue weighted by molar-refractivity contribution is 0.102.